The molecule has 0 heterocycles. The summed E-state index contributed by atoms with van der Waals surface area (Å²) in [7, 11) is 3.25. The summed E-state index contributed by atoms with van der Waals surface area (Å²) in [6, 6.07) is 3.98. The Balaban J connectivity index is 1.96. The summed E-state index contributed by atoms with van der Waals surface area (Å²) in [5, 5.41) is 2.81. The molecule has 1 aliphatic rings. The molecule has 0 fully saturated rings. The zero-order valence-corrected chi connectivity index (χ0v) is 13.3. The Morgan fingerprint density at radius 1 is 1.24 bits per heavy atom. The average molecular weight is 293 g/mol. The van der Waals surface area contributed by atoms with E-state index in [0.717, 1.165) is 17.9 Å². The van der Waals surface area contributed by atoms with Crippen LogP contribution in [0.5, 0.6) is 11.5 Å². The molecular formula is C16H23NO4. The van der Waals surface area contributed by atoms with Crippen molar-refractivity contribution >= 4 is 6.09 Å². The van der Waals surface area contributed by atoms with Gasteiger partial charge in [-0.3, -0.25) is 0 Å². The van der Waals surface area contributed by atoms with Crippen LogP contribution in [0.15, 0.2) is 12.1 Å². The number of nitrogens with one attached hydrogen (secondary N) is 1. The third kappa shape index (κ3) is 3.60. The fraction of sp³-hybridized carbons (Fsp3) is 0.562. The quantitative estimate of drug-likeness (QED) is 0.927. The van der Waals surface area contributed by atoms with Gasteiger partial charge in [0.05, 0.1) is 14.2 Å². The van der Waals surface area contributed by atoms with Crippen molar-refractivity contribution < 1.29 is 19.0 Å². The van der Waals surface area contributed by atoms with E-state index in [9.17, 15) is 4.79 Å². The fourth-order valence-corrected chi connectivity index (χ4v) is 2.44. The zero-order chi connectivity index (χ0) is 15.6. The van der Waals surface area contributed by atoms with E-state index in [2.05, 4.69) is 5.32 Å². The van der Waals surface area contributed by atoms with Crippen molar-refractivity contribution in [3.05, 3.63) is 23.3 Å². The topological polar surface area (TPSA) is 56.8 Å². The molecule has 0 bridgehead atoms. The van der Waals surface area contributed by atoms with Gasteiger partial charge in [0, 0.05) is 12.5 Å². The summed E-state index contributed by atoms with van der Waals surface area (Å²) in [6.07, 6.45) is 0.544. The van der Waals surface area contributed by atoms with Gasteiger partial charge < -0.3 is 19.5 Å². The first-order valence-corrected chi connectivity index (χ1v) is 7.05. The monoisotopic (exact) mass is 293 g/mol. The van der Waals surface area contributed by atoms with Gasteiger partial charge in [-0.25, -0.2) is 4.79 Å². The number of carbonyl (C=O) groups excluding carboxylic acids is 1. The largest absolute Gasteiger partial charge is 0.493 e. The van der Waals surface area contributed by atoms with Gasteiger partial charge in [0.2, 0.25) is 0 Å². The highest BCUT2D eigenvalue weighted by molar-refractivity contribution is 5.68. The number of ether oxygens (including phenoxy) is 3. The maximum absolute atomic E-state index is 11.7. The number of hydrogen-bond acceptors (Lipinski definition) is 4. The van der Waals surface area contributed by atoms with Gasteiger partial charge >= 0.3 is 6.09 Å². The van der Waals surface area contributed by atoms with E-state index in [1.807, 2.05) is 32.9 Å². The Kier molecular flexibility index (Phi) is 4.30. The number of fused-ring (bicyclic) bond motifs is 1. The van der Waals surface area contributed by atoms with Crippen molar-refractivity contribution in [2.24, 2.45) is 0 Å². The molecule has 5 heteroatoms. The van der Waals surface area contributed by atoms with Crippen LogP contribution < -0.4 is 14.8 Å². The number of rotatable bonds is 4. The lowest BCUT2D eigenvalue weighted by Crippen LogP contribution is -2.37. The number of amides is 1. The van der Waals surface area contributed by atoms with Gasteiger partial charge in [-0.05, 0) is 50.5 Å². The van der Waals surface area contributed by atoms with Gasteiger partial charge in [0.25, 0.3) is 0 Å². The van der Waals surface area contributed by atoms with Gasteiger partial charge in [-0.15, -0.1) is 0 Å². The van der Waals surface area contributed by atoms with Crippen LogP contribution in [-0.4, -0.2) is 32.5 Å². The molecule has 1 aliphatic carbocycles. The molecule has 1 unspecified atom stereocenters. The minimum atomic E-state index is -0.474. The van der Waals surface area contributed by atoms with Crippen LogP contribution in [0.4, 0.5) is 4.79 Å². The molecule has 0 saturated carbocycles. The van der Waals surface area contributed by atoms with E-state index in [0.29, 0.717) is 12.5 Å². The van der Waals surface area contributed by atoms with E-state index in [1.165, 1.54) is 11.1 Å². The lowest BCUT2D eigenvalue weighted by Gasteiger charge is -2.31. The molecular weight excluding hydrogens is 270 g/mol. The van der Waals surface area contributed by atoms with E-state index in [4.69, 9.17) is 14.2 Å². The second-order valence-electron chi connectivity index (χ2n) is 6.19. The van der Waals surface area contributed by atoms with Crippen molar-refractivity contribution in [3.63, 3.8) is 0 Å². The Morgan fingerprint density at radius 3 is 2.43 bits per heavy atom. The molecule has 0 aromatic heterocycles. The van der Waals surface area contributed by atoms with Crippen molar-refractivity contribution in [1.82, 2.24) is 5.32 Å². The molecule has 116 valence electrons. The highest BCUT2D eigenvalue weighted by atomic mass is 16.6. The number of methoxy groups -OCH3 is 2. The summed E-state index contributed by atoms with van der Waals surface area (Å²) < 4.78 is 15.8. The lowest BCUT2D eigenvalue weighted by atomic mass is 9.77. The van der Waals surface area contributed by atoms with Crippen LogP contribution in [0.25, 0.3) is 0 Å². The van der Waals surface area contributed by atoms with Gasteiger partial charge in [-0.2, -0.15) is 0 Å². The summed E-state index contributed by atoms with van der Waals surface area (Å²) >= 11 is 0. The molecule has 2 rings (SSSR count). The second kappa shape index (κ2) is 5.84. The molecule has 0 radical (unpaired) electrons. The van der Waals surface area contributed by atoms with Gasteiger partial charge in [0.15, 0.2) is 11.5 Å². The van der Waals surface area contributed by atoms with E-state index < -0.39 is 5.60 Å². The van der Waals surface area contributed by atoms with Crippen molar-refractivity contribution in [1.29, 1.82) is 0 Å². The molecule has 0 saturated heterocycles. The lowest BCUT2D eigenvalue weighted by molar-refractivity contribution is 0.0523. The summed E-state index contributed by atoms with van der Waals surface area (Å²) in [6.45, 7) is 6.12. The van der Waals surface area contributed by atoms with E-state index in [1.54, 1.807) is 14.2 Å². The molecule has 0 aliphatic heterocycles. The minimum Gasteiger partial charge on any atom is -0.493 e. The number of alkyl carbamates (subject to hydrolysis) is 1. The van der Waals surface area contributed by atoms with Crippen molar-refractivity contribution in [3.8, 4) is 11.5 Å². The molecule has 1 amide bonds. The highest BCUT2D eigenvalue weighted by Gasteiger charge is 2.29. The van der Waals surface area contributed by atoms with Crippen molar-refractivity contribution in [2.75, 3.05) is 20.8 Å². The Hall–Kier alpha value is -1.91. The maximum Gasteiger partial charge on any atom is 0.407 e. The molecule has 1 aromatic carbocycles. The molecule has 5 nitrogen and oxygen atoms in total. The third-order valence-corrected chi connectivity index (χ3v) is 3.44. The Labute approximate surface area is 125 Å². The van der Waals surface area contributed by atoms with E-state index >= 15 is 0 Å². The number of carbonyl (C=O) groups is 1. The average Bonchev–Trinajstić information content (AvgIpc) is 2.37. The van der Waals surface area contributed by atoms with Crippen LogP contribution >= 0.6 is 0 Å². The van der Waals surface area contributed by atoms with Crippen LogP contribution in [0.1, 0.15) is 37.8 Å². The summed E-state index contributed by atoms with van der Waals surface area (Å²) in [4.78, 5) is 11.7. The summed E-state index contributed by atoms with van der Waals surface area (Å²) in [5.41, 5.74) is 1.96. The molecule has 1 atom stereocenters. The van der Waals surface area contributed by atoms with E-state index in [-0.39, 0.29) is 6.09 Å². The first-order valence-electron chi connectivity index (χ1n) is 7.05. The highest BCUT2D eigenvalue weighted by Crippen LogP contribution is 2.41. The second-order valence-corrected chi connectivity index (χ2v) is 6.19. The SMILES string of the molecule is COc1cc2c(cc1OC)C(CNC(=O)OC(C)(C)C)C2. The molecule has 0 spiro atoms. The first kappa shape index (κ1) is 15.5. The molecule has 21 heavy (non-hydrogen) atoms. The maximum atomic E-state index is 11.7. The Bertz CT molecular complexity index is 534. The van der Waals surface area contributed by atoms with Crippen LogP contribution in [0.3, 0.4) is 0 Å². The van der Waals surface area contributed by atoms with Crippen LogP contribution in [0, 0.1) is 0 Å². The Morgan fingerprint density at radius 2 is 1.86 bits per heavy atom. The standard InChI is InChI=1S/C16H23NO4/c1-16(2,3)21-15(18)17-9-11-6-10-7-13(19-4)14(20-5)8-12(10)11/h7-8,11H,6,9H2,1-5H3,(H,17,18). The number of benzene rings is 1. The molecule has 1 N–H and O–H groups in total. The zero-order valence-electron chi connectivity index (χ0n) is 13.3. The van der Waals surface area contributed by atoms with Crippen molar-refractivity contribution in [2.45, 2.75) is 38.7 Å². The molecule has 1 aromatic rings. The third-order valence-electron chi connectivity index (χ3n) is 3.44. The normalized spacial score (nSPS) is 16.5. The van der Waals surface area contributed by atoms with Crippen LogP contribution in [0.2, 0.25) is 0 Å². The van der Waals surface area contributed by atoms with Crippen LogP contribution in [-0.2, 0) is 11.2 Å². The predicted octanol–water partition coefficient (Wildman–Crippen LogP) is 2.87. The fourth-order valence-electron chi connectivity index (χ4n) is 2.44. The minimum absolute atomic E-state index is 0.298. The van der Waals surface area contributed by atoms with Gasteiger partial charge in [0.1, 0.15) is 5.60 Å². The smallest absolute Gasteiger partial charge is 0.407 e. The number of hydrogen-bond donors (Lipinski definition) is 1. The first-order chi connectivity index (χ1) is 9.84. The van der Waals surface area contributed by atoms with Gasteiger partial charge in [-0.1, -0.05) is 0 Å². The summed E-state index contributed by atoms with van der Waals surface area (Å²) in [5.74, 6) is 1.76. The predicted molar refractivity (Wildman–Crippen MR) is 80.2 cm³/mol.